The molecule has 0 spiro atoms. The average Bonchev–Trinajstić information content (AvgIpc) is 2.63. The number of ether oxygens (including phenoxy) is 1. The van der Waals surface area contributed by atoms with Gasteiger partial charge in [0.05, 0.1) is 6.10 Å². The zero-order valence-electron chi connectivity index (χ0n) is 11.7. The summed E-state index contributed by atoms with van der Waals surface area (Å²) in [6.45, 7) is 5.54. The normalized spacial score (nSPS) is 41.2. The standard InChI is InChI=1S/C15H28N2O/c1-2-16-12-9-13-6-7-14(10-12)17(13)11-15-5-3-4-8-18-15/h12-16H,2-11H2,1H3. The highest BCUT2D eigenvalue weighted by Gasteiger charge is 2.41. The Balaban J connectivity index is 1.54. The molecule has 3 aliphatic heterocycles. The molecule has 104 valence electrons. The van der Waals surface area contributed by atoms with Crippen LogP contribution in [0.1, 0.15) is 51.9 Å². The van der Waals surface area contributed by atoms with Gasteiger partial charge in [0.25, 0.3) is 0 Å². The number of nitrogens with one attached hydrogen (secondary N) is 1. The van der Waals surface area contributed by atoms with Gasteiger partial charge in [-0.25, -0.2) is 0 Å². The third kappa shape index (κ3) is 2.73. The van der Waals surface area contributed by atoms with Gasteiger partial charge in [0.15, 0.2) is 0 Å². The molecule has 1 N–H and O–H groups in total. The van der Waals surface area contributed by atoms with Crippen molar-refractivity contribution < 1.29 is 4.74 Å². The highest BCUT2D eigenvalue weighted by Crippen LogP contribution is 2.36. The summed E-state index contributed by atoms with van der Waals surface area (Å²) in [5, 5.41) is 3.65. The minimum absolute atomic E-state index is 0.525. The first-order chi connectivity index (χ1) is 8.86. The van der Waals surface area contributed by atoms with Crippen molar-refractivity contribution in [2.45, 2.75) is 76.1 Å². The molecule has 3 heteroatoms. The van der Waals surface area contributed by atoms with Crippen LogP contribution in [0.25, 0.3) is 0 Å². The monoisotopic (exact) mass is 252 g/mol. The van der Waals surface area contributed by atoms with Crippen molar-refractivity contribution in [1.82, 2.24) is 10.2 Å². The van der Waals surface area contributed by atoms with Gasteiger partial charge in [-0.05, 0) is 51.5 Å². The largest absolute Gasteiger partial charge is 0.377 e. The van der Waals surface area contributed by atoms with Crippen molar-refractivity contribution in [3.8, 4) is 0 Å². The molecule has 0 saturated carbocycles. The van der Waals surface area contributed by atoms with Gasteiger partial charge in [0.1, 0.15) is 0 Å². The first kappa shape index (κ1) is 12.9. The molecule has 3 fully saturated rings. The van der Waals surface area contributed by atoms with E-state index in [0.717, 1.165) is 31.3 Å². The second-order valence-corrected chi connectivity index (χ2v) is 6.30. The number of piperidine rings is 1. The minimum Gasteiger partial charge on any atom is -0.377 e. The second kappa shape index (κ2) is 5.89. The van der Waals surface area contributed by atoms with Crippen LogP contribution in [0.15, 0.2) is 0 Å². The van der Waals surface area contributed by atoms with Crippen molar-refractivity contribution in [2.24, 2.45) is 0 Å². The van der Waals surface area contributed by atoms with Crippen LogP contribution in [0.5, 0.6) is 0 Å². The van der Waals surface area contributed by atoms with Gasteiger partial charge < -0.3 is 10.1 Å². The quantitative estimate of drug-likeness (QED) is 0.830. The Hall–Kier alpha value is -0.120. The maximum atomic E-state index is 5.92. The number of rotatable bonds is 4. The van der Waals surface area contributed by atoms with Crippen LogP contribution in [0.2, 0.25) is 0 Å². The predicted octanol–water partition coefficient (Wildman–Crippen LogP) is 2.16. The third-order valence-electron chi connectivity index (χ3n) is 5.07. The molecule has 3 aliphatic rings. The molecule has 3 atom stereocenters. The molecule has 3 heterocycles. The van der Waals surface area contributed by atoms with Gasteiger partial charge in [-0.1, -0.05) is 6.92 Å². The summed E-state index contributed by atoms with van der Waals surface area (Å²) in [5.41, 5.74) is 0. The van der Waals surface area contributed by atoms with Gasteiger partial charge in [-0.2, -0.15) is 0 Å². The Morgan fingerprint density at radius 2 is 1.89 bits per heavy atom. The summed E-state index contributed by atoms with van der Waals surface area (Å²) in [5.74, 6) is 0. The summed E-state index contributed by atoms with van der Waals surface area (Å²) in [7, 11) is 0. The Morgan fingerprint density at radius 3 is 2.50 bits per heavy atom. The lowest BCUT2D eigenvalue weighted by atomic mass is 9.96. The highest BCUT2D eigenvalue weighted by atomic mass is 16.5. The van der Waals surface area contributed by atoms with Crippen molar-refractivity contribution >= 4 is 0 Å². The first-order valence-electron chi connectivity index (χ1n) is 7.97. The molecule has 2 bridgehead atoms. The van der Waals surface area contributed by atoms with Gasteiger partial charge in [0, 0.05) is 31.3 Å². The lowest BCUT2D eigenvalue weighted by Gasteiger charge is -2.41. The number of nitrogens with zero attached hydrogens (tertiary/aromatic N) is 1. The van der Waals surface area contributed by atoms with Crippen LogP contribution in [-0.4, -0.2) is 48.8 Å². The summed E-state index contributed by atoms with van der Waals surface area (Å²) in [6.07, 6.45) is 10.00. The molecule has 3 unspecified atom stereocenters. The maximum absolute atomic E-state index is 5.92. The topological polar surface area (TPSA) is 24.5 Å². The van der Waals surface area contributed by atoms with E-state index in [1.165, 1.54) is 51.5 Å². The van der Waals surface area contributed by atoms with Crippen molar-refractivity contribution in [2.75, 3.05) is 19.7 Å². The molecule has 3 saturated heterocycles. The highest BCUT2D eigenvalue weighted by molar-refractivity contribution is 4.98. The van der Waals surface area contributed by atoms with Crippen LogP contribution >= 0.6 is 0 Å². The van der Waals surface area contributed by atoms with E-state index in [-0.39, 0.29) is 0 Å². The van der Waals surface area contributed by atoms with Crippen molar-refractivity contribution in [3.05, 3.63) is 0 Å². The Labute approximate surface area is 111 Å². The van der Waals surface area contributed by atoms with E-state index in [9.17, 15) is 0 Å². The maximum Gasteiger partial charge on any atom is 0.0702 e. The number of hydrogen-bond acceptors (Lipinski definition) is 3. The molecule has 0 aromatic heterocycles. The fraction of sp³-hybridized carbons (Fsp3) is 1.00. The summed E-state index contributed by atoms with van der Waals surface area (Å²) in [6, 6.07) is 2.44. The molecule has 3 nitrogen and oxygen atoms in total. The molecule has 18 heavy (non-hydrogen) atoms. The summed E-state index contributed by atoms with van der Waals surface area (Å²) in [4.78, 5) is 2.78. The van der Waals surface area contributed by atoms with E-state index in [1.807, 2.05) is 0 Å². The fourth-order valence-corrected chi connectivity index (χ4v) is 4.21. The summed E-state index contributed by atoms with van der Waals surface area (Å²) < 4.78 is 5.92. The first-order valence-corrected chi connectivity index (χ1v) is 7.97. The molecule has 0 amide bonds. The van der Waals surface area contributed by atoms with Crippen molar-refractivity contribution in [1.29, 1.82) is 0 Å². The lowest BCUT2D eigenvalue weighted by Crippen LogP contribution is -2.51. The Bertz CT molecular complexity index is 251. The Kier molecular flexibility index (Phi) is 4.22. The molecule has 0 aliphatic carbocycles. The van der Waals surface area contributed by atoms with Crippen LogP contribution in [0, 0.1) is 0 Å². The van der Waals surface area contributed by atoms with E-state index in [2.05, 4.69) is 17.1 Å². The van der Waals surface area contributed by atoms with E-state index in [4.69, 9.17) is 4.74 Å². The van der Waals surface area contributed by atoms with Crippen LogP contribution < -0.4 is 5.32 Å². The predicted molar refractivity (Wildman–Crippen MR) is 73.8 cm³/mol. The zero-order valence-corrected chi connectivity index (χ0v) is 11.7. The van der Waals surface area contributed by atoms with E-state index >= 15 is 0 Å². The van der Waals surface area contributed by atoms with E-state index in [0.29, 0.717) is 6.10 Å². The van der Waals surface area contributed by atoms with Gasteiger partial charge in [-0.15, -0.1) is 0 Å². The molecule has 0 aromatic rings. The van der Waals surface area contributed by atoms with Gasteiger partial charge in [0.2, 0.25) is 0 Å². The zero-order chi connectivity index (χ0) is 12.4. The number of fused-ring (bicyclic) bond motifs is 2. The van der Waals surface area contributed by atoms with Gasteiger partial charge in [-0.3, -0.25) is 4.90 Å². The SMILES string of the molecule is CCNC1CC2CCC(C1)N2CC1CCCCO1. The Morgan fingerprint density at radius 1 is 1.11 bits per heavy atom. The smallest absolute Gasteiger partial charge is 0.0702 e. The lowest BCUT2D eigenvalue weighted by molar-refractivity contribution is -0.0241. The fourth-order valence-electron chi connectivity index (χ4n) is 4.21. The minimum atomic E-state index is 0.525. The van der Waals surface area contributed by atoms with Crippen LogP contribution in [0.4, 0.5) is 0 Å². The summed E-state index contributed by atoms with van der Waals surface area (Å²) >= 11 is 0. The molecule has 0 aromatic carbocycles. The average molecular weight is 252 g/mol. The van der Waals surface area contributed by atoms with E-state index in [1.54, 1.807) is 0 Å². The molecular weight excluding hydrogens is 224 g/mol. The van der Waals surface area contributed by atoms with Crippen LogP contribution in [0.3, 0.4) is 0 Å². The van der Waals surface area contributed by atoms with Crippen LogP contribution in [-0.2, 0) is 4.74 Å². The second-order valence-electron chi connectivity index (χ2n) is 6.30. The molecule has 3 rings (SSSR count). The van der Waals surface area contributed by atoms with Crippen molar-refractivity contribution in [3.63, 3.8) is 0 Å². The third-order valence-corrected chi connectivity index (χ3v) is 5.07. The number of hydrogen-bond donors (Lipinski definition) is 1. The van der Waals surface area contributed by atoms with Gasteiger partial charge >= 0.3 is 0 Å². The molecule has 0 radical (unpaired) electrons. The molecular formula is C15H28N2O. The van der Waals surface area contributed by atoms with E-state index < -0.39 is 0 Å².